The van der Waals surface area contributed by atoms with Crippen LogP contribution in [-0.4, -0.2) is 36.9 Å². The van der Waals surface area contributed by atoms with E-state index in [2.05, 4.69) is 0 Å². The third-order valence-electron chi connectivity index (χ3n) is 6.57. The summed E-state index contributed by atoms with van der Waals surface area (Å²) < 4.78 is 34.4. The van der Waals surface area contributed by atoms with Crippen molar-refractivity contribution in [3.63, 3.8) is 0 Å². The molecule has 0 unspecified atom stereocenters. The SMILES string of the molecule is O=C1c2ccccc2C(=O)c2cc([C@H]3Oc4ccccc4S(=O)(=O)N4CCC[C@@H]34)ccc21. The van der Waals surface area contributed by atoms with E-state index in [9.17, 15) is 18.0 Å². The Kier molecular flexibility index (Phi) is 4.15. The first-order chi connectivity index (χ1) is 15.5. The first-order valence-corrected chi connectivity index (χ1v) is 12.0. The Morgan fingerprint density at radius 1 is 0.812 bits per heavy atom. The molecule has 0 bridgehead atoms. The van der Waals surface area contributed by atoms with Crippen LogP contribution >= 0.6 is 0 Å². The fourth-order valence-electron chi connectivity index (χ4n) is 5.05. The first kappa shape index (κ1) is 19.4. The Morgan fingerprint density at radius 3 is 2.25 bits per heavy atom. The second-order valence-corrected chi connectivity index (χ2v) is 10.2. The Morgan fingerprint density at radius 2 is 1.47 bits per heavy atom. The molecule has 3 aliphatic rings. The molecule has 0 aromatic heterocycles. The third kappa shape index (κ3) is 2.64. The molecule has 32 heavy (non-hydrogen) atoms. The van der Waals surface area contributed by atoms with Gasteiger partial charge in [0.2, 0.25) is 10.0 Å². The van der Waals surface area contributed by atoms with Crippen molar-refractivity contribution in [1.82, 2.24) is 4.31 Å². The molecule has 7 heteroatoms. The van der Waals surface area contributed by atoms with Crippen LogP contribution in [0.25, 0.3) is 0 Å². The zero-order valence-electron chi connectivity index (χ0n) is 17.0. The molecule has 1 saturated heterocycles. The van der Waals surface area contributed by atoms with Gasteiger partial charge in [0.1, 0.15) is 16.7 Å². The molecule has 2 aliphatic heterocycles. The largest absolute Gasteiger partial charge is 0.483 e. The van der Waals surface area contributed by atoms with Crippen LogP contribution in [-0.2, 0) is 10.0 Å². The number of fused-ring (bicyclic) bond motifs is 4. The number of carbonyl (C=O) groups excluding carboxylic acids is 2. The van der Waals surface area contributed by atoms with Gasteiger partial charge >= 0.3 is 0 Å². The number of hydrogen-bond acceptors (Lipinski definition) is 5. The summed E-state index contributed by atoms with van der Waals surface area (Å²) in [7, 11) is -3.69. The fraction of sp³-hybridized carbons (Fsp3) is 0.200. The monoisotopic (exact) mass is 445 g/mol. The number of hydrogen-bond donors (Lipinski definition) is 0. The minimum absolute atomic E-state index is 0.160. The maximum Gasteiger partial charge on any atom is 0.247 e. The smallest absolute Gasteiger partial charge is 0.247 e. The van der Waals surface area contributed by atoms with Gasteiger partial charge in [-0.05, 0) is 42.7 Å². The van der Waals surface area contributed by atoms with E-state index in [0.717, 1.165) is 6.42 Å². The van der Waals surface area contributed by atoms with E-state index in [-0.39, 0.29) is 22.5 Å². The number of carbonyl (C=O) groups is 2. The van der Waals surface area contributed by atoms with Crippen LogP contribution in [0.15, 0.2) is 71.6 Å². The second-order valence-electron chi connectivity index (χ2n) is 8.32. The Bertz CT molecular complexity index is 1410. The predicted molar refractivity (Wildman–Crippen MR) is 116 cm³/mol. The van der Waals surface area contributed by atoms with E-state index in [1.165, 1.54) is 4.31 Å². The lowest BCUT2D eigenvalue weighted by Gasteiger charge is -2.28. The van der Waals surface area contributed by atoms with Crippen LogP contribution < -0.4 is 4.74 Å². The Balaban J connectivity index is 1.49. The molecule has 0 N–H and O–H groups in total. The molecule has 3 aromatic carbocycles. The number of ether oxygens (including phenoxy) is 1. The average Bonchev–Trinajstić information content (AvgIpc) is 3.28. The van der Waals surface area contributed by atoms with Crippen LogP contribution in [0, 0.1) is 0 Å². The number of sulfonamides is 1. The summed E-state index contributed by atoms with van der Waals surface area (Å²) in [5, 5.41) is 0. The number of benzene rings is 3. The van der Waals surface area contributed by atoms with Gasteiger partial charge in [-0.25, -0.2) is 8.42 Å². The Labute approximate surface area is 185 Å². The molecule has 0 saturated carbocycles. The minimum Gasteiger partial charge on any atom is -0.483 e. The summed E-state index contributed by atoms with van der Waals surface area (Å²) in [6.07, 6.45) is 0.813. The molecule has 6 nitrogen and oxygen atoms in total. The van der Waals surface area contributed by atoms with Gasteiger partial charge in [0.25, 0.3) is 0 Å². The predicted octanol–water partition coefficient (Wildman–Crippen LogP) is 3.75. The van der Waals surface area contributed by atoms with Crippen LogP contribution in [0.4, 0.5) is 0 Å². The van der Waals surface area contributed by atoms with Gasteiger partial charge in [-0.2, -0.15) is 4.31 Å². The average molecular weight is 445 g/mol. The van der Waals surface area contributed by atoms with Gasteiger partial charge in [0.05, 0.1) is 6.04 Å². The molecule has 2 heterocycles. The quantitative estimate of drug-likeness (QED) is 0.446. The highest BCUT2D eigenvalue weighted by molar-refractivity contribution is 7.89. The molecule has 2 atom stereocenters. The highest BCUT2D eigenvalue weighted by Gasteiger charge is 2.45. The fourth-order valence-corrected chi connectivity index (χ4v) is 6.87. The van der Waals surface area contributed by atoms with Crippen molar-refractivity contribution >= 4 is 21.6 Å². The summed E-state index contributed by atoms with van der Waals surface area (Å²) in [5.41, 5.74) is 2.18. The van der Waals surface area contributed by atoms with E-state index in [0.29, 0.717) is 46.5 Å². The van der Waals surface area contributed by atoms with Crippen LogP contribution in [0.5, 0.6) is 5.75 Å². The van der Waals surface area contributed by atoms with Crippen molar-refractivity contribution in [2.45, 2.75) is 29.9 Å². The van der Waals surface area contributed by atoms with Gasteiger partial charge in [-0.1, -0.05) is 42.5 Å². The van der Waals surface area contributed by atoms with Gasteiger partial charge in [-0.3, -0.25) is 9.59 Å². The summed E-state index contributed by atoms with van der Waals surface area (Å²) in [6, 6.07) is 18.2. The zero-order valence-corrected chi connectivity index (χ0v) is 17.8. The molecule has 1 fully saturated rings. The topological polar surface area (TPSA) is 80.8 Å². The molecular formula is C25H19NO5S. The molecule has 0 radical (unpaired) electrons. The number of ketones is 2. The number of nitrogens with zero attached hydrogens (tertiary/aromatic N) is 1. The normalized spacial score (nSPS) is 23.4. The molecule has 160 valence electrons. The van der Waals surface area contributed by atoms with E-state index >= 15 is 0 Å². The second kappa shape index (κ2) is 6.85. The minimum atomic E-state index is -3.69. The summed E-state index contributed by atoms with van der Waals surface area (Å²) in [6.45, 7) is 0.428. The van der Waals surface area contributed by atoms with Gasteiger partial charge in [-0.15, -0.1) is 0 Å². The Hall–Kier alpha value is -3.29. The van der Waals surface area contributed by atoms with Crippen LogP contribution in [0.1, 0.15) is 56.4 Å². The lowest BCUT2D eigenvalue weighted by molar-refractivity contribution is 0.0978. The van der Waals surface area contributed by atoms with Gasteiger partial charge in [0.15, 0.2) is 11.6 Å². The number of para-hydroxylation sites is 1. The van der Waals surface area contributed by atoms with Crippen molar-refractivity contribution in [3.8, 4) is 5.75 Å². The van der Waals surface area contributed by atoms with Crippen molar-refractivity contribution in [1.29, 1.82) is 0 Å². The highest BCUT2D eigenvalue weighted by atomic mass is 32.2. The van der Waals surface area contributed by atoms with Crippen molar-refractivity contribution in [2.75, 3.05) is 6.54 Å². The van der Waals surface area contributed by atoms with Gasteiger partial charge in [0, 0.05) is 28.8 Å². The van der Waals surface area contributed by atoms with E-state index in [4.69, 9.17) is 4.74 Å². The van der Waals surface area contributed by atoms with Crippen molar-refractivity contribution in [2.24, 2.45) is 0 Å². The lowest BCUT2D eigenvalue weighted by atomic mass is 9.82. The highest BCUT2D eigenvalue weighted by Crippen LogP contribution is 2.43. The zero-order chi connectivity index (χ0) is 22.0. The van der Waals surface area contributed by atoms with Gasteiger partial charge < -0.3 is 4.74 Å². The molecule has 1 aliphatic carbocycles. The standard InChI is InChI=1S/C25H19NO5S/c27-23-16-6-1-2-7-17(16)24(28)19-14-15(11-12-18(19)23)25-20-8-5-13-26(20)32(29,30)22-10-4-3-9-21(22)31-25/h1-4,6-7,9-12,14,20,25H,5,8,13H2/t20-,25+/m0/s1. The van der Waals surface area contributed by atoms with Crippen molar-refractivity contribution < 1.29 is 22.7 Å². The summed E-state index contributed by atoms with van der Waals surface area (Å²) in [5.74, 6) is -0.0849. The summed E-state index contributed by atoms with van der Waals surface area (Å²) >= 11 is 0. The maximum absolute atomic E-state index is 13.3. The maximum atomic E-state index is 13.3. The molecular weight excluding hydrogens is 426 g/mol. The van der Waals surface area contributed by atoms with E-state index < -0.39 is 16.1 Å². The van der Waals surface area contributed by atoms with E-state index in [1.807, 2.05) is 0 Å². The molecule has 0 spiro atoms. The summed E-state index contributed by atoms with van der Waals surface area (Å²) in [4.78, 5) is 26.3. The lowest BCUT2D eigenvalue weighted by Crippen LogP contribution is -2.38. The van der Waals surface area contributed by atoms with Crippen LogP contribution in [0.2, 0.25) is 0 Å². The first-order valence-electron chi connectivity index (χ1n) is 10.6. The third-order valence-corrected chi connectivity index (χ3v) is 8.53. The van der Waals surface area contributed by atoms with E-state index in [1.54, 1.807) is 66.7 Å². The molecule has 6 rings (SSSR count). The number of rotatable bonds is 1. The van der Waals surface area contributed by atoms with Crippen molar-refractivity contribution in [3.05, 3.63) is 94.5 Å². The molecule has 0 amide bonds. The molecule has 3 aromatic rings. The van der Waals surface area contributed by atoms with Crippen LogP contribution in [0.3, 0.4) is 0 Å².